The average Bonchev–Trinajstić information content (AvgIpc) is 4.18. The Morgan fingerprint density at radius 3 is 1.78 bits per heavy atom. The zero-order chi connectivity index (χ0) is 54.1. The molecule has 0 bridgehead atoms. The van der Waals surface area contributed by atoms with Gasteiger partial charge in [0.25, 0.3) is 0 Å². The van der Waals surface area contributed by atoms with E-state index in [0.29, 0.717) is 31.3 Å². The van der Waals surface area contributed by atoms with Crippen molar-refractivity contribution in [3.8, 4) is 39.5 Å². The molecule has 0 aliphatic carbocycles. The van der Waals surface area contributed by atoms with E-state index in [0.717, 1.165) is 96.4 Å². The molecule has 77 heavy (non-hydrogen) atoms. The van der Waals surface area contributed by atoms with E-state index in [1.807, 2.05) is 73.7 Å². The molecule has 0 N–H and O–H groups in total. The SMILES string of the molecule is C=CCCCCOc1cccc([N+](=C/C=C(\C=C/C)Oc2ccc(N(c3ccc(-c4ccccc4)cc3)c3cccc(OCCCOCC(C)(CC)CCCC)c3)cc2)c2ccc(-c3ccccc3)cc2)c1.CC1(C)CO1. The van der Waals surface area contributed by atoms with Gasteiger partial charge in [0.2, 0.25) is 11.4 Å². The Morgan fingerprint density at radius 1 is 0.623 bits per heavy atom. The van der Waals surface area contributed by atoms with E-state index in [-0.39, 0.29) is 11.0 Å². The summed E-state index contributed by atoms with van der Waals surface area (Å²) >= 11 is 0. The van der Waals surface area contributed by atoms with Gasteiger partial charge in [-0.2, -0.15) is 4.58 Å². The topological polar surface area (TPSA) is 55.7 Å². The Hall–Kier alpha value is -7.45. The minimum Gasteiger partial charge on any atom is -0.493 e. The lowest BCUT2D eigenvalue weighted by molar-refractivity contribution is 0.0387. The lowest BCUT2D eigenvalue weighted by Gasteiger charge is -2.28. The summed E-state index contributed by atoms with van der Waals surface area (Å²) in [7, 11) is 0. The fourth-order valence-electron chi connectivity index (χ4n) is 8.67. The second-order valence-electron chi connectivity index (χ2n) is 20.5. The standard InChI is InChI=1S/C66H73N2O4.C4H8O/c1-6-10-12-19-48-70-64-30-20-28-60(50-64)67(57-36-32-55(33-37-57)53-24-15-13-16-25-53)46-44-62(23-8-3)72-63-42-40-59(41-43-63)68(58-38-34-56(35-39-58)54-26-17-14-18-27-54)61-29-21-31-65(51-61)71-49-22-47-69-52-66(5,9-4)45-11-7-2;1-4(2)3-5-4/h6,8,13-18,20-21,23-44,46,50-51H,1,7,9-12,19,22,45,47-49,52H2,2-5H3;3H2,1-2H3/q+1;/b23-8-,62-44+,67-46?;. The minimum absolute atomic E-state index is 0.233. The molecule has 0 aromatic heterocycles. The van der Waals surface area contributed by atoms with Crippen molar-refractivity contribution >= 4 is 34.7 Å². The Bertz CT molecular complexity index is 2940. The van der Waals surface area contributed by atoms with Crippen LogP contribution in [-0.2, 0) is 9.47 Å². The Balaban J connectivity index is 0.00000163. The van der Waals surface area contributed by atoms with Crippen LogP contribution in [0.5, 0.6) is 17.2 Å². The van der Waals surface area contributed by atoms with Crippen molar-refractivity contribution in [2.45, 2.75) is 98.5 Å². The largest absolute Gasteiger partial charge is 0.493 e. The van der Waals surface area contributed by atoms with Crippen LogP contribution in [0, 0.1) is 5.41 Å². The third-order valence-electron chi connectivity index (χ3n) is 13.6. The molecule has 1 atom stereocenters. The van der Waals surface area contributed by atoms with E-state index in [1.54, 1.807) is 0 Å². The van der Waals surface area contributed by atoms with Crippen LogP contribution < -0.4 is 23.7 Å². The first-order chi connectivity index (χ1) is 37.6. The summed E-state index contributed by atoms with van der Waals surface area (Å²) in [5, 5.41) is 0. The minimum atomic E-state index is 0.233. The van der Waals surface area contributed by atoms with E-state index in [1.165, 1.54) is 30.4 Å². The van der Waals surface area contributed by atoms with Crippen molar-refractivity contribution in [3.05, 3.63) is 219 Å². The zero-order valence-corrected chi connectivity index (χ0v) is 46.5. The Kier molecular flexibility index (Phi) is 22.1. The van der Waals surface area contributed by atoms with Crippen LogP contribution in [0.1, 0.15) is 92.9 Å². The first kappa shape index (κ1) is 57.3. The number of benzene rings is 7. The van der Waals surface area contributed by atoms with Crippen LogP contribution in [0.2, 0.25) is 0 Å². The molecule has 1 unspecified atom stereocenters. The number of hydrogen-bond donors (Lipinski definition) is 0. The average molecular weight is 1030 g/mol. The van der Waals surface area contributed by atoms with Gasteiger partial charge in [-0.3, -0.25) is 0 Å². The van der Waals surface area contributed by atoms with Crippen molar-refractivity contribution in [2.75, 3.05) is 37.9 Å². The lowest BCUT2D eigenvalue weighted by atomic mass is 9.83. The number of allylic oxidation sites excluding steroid dienone is 4. The third-order valence-corrected chi connectivity index (χ3v) is 13.6. The molecule has 1 saturated heterocycles. The van der Waals surface area contributed by atoms with E-state index >= 15 is 0 Å². The predicted molar refractivity (Wildman–Crippen MR) is 324 cm³/mol. The highest BCUT2D eigenvalue weighted by molar-refractivity contribution is 5.82. The van der Waals surface area contributed by atoms with Crippen LogP contribution in [0.3, 0.4) is 0 Å². The van der Waals surface area contributed by atoms with E-state index in [2.05, 4.69) is 196 Å². The summed E-state index contributed by atoms with van der Waals surface area (Å²) in [6.45, 7) is 20.5. The van der Waals surface area contributed by atoms with Gasteiger partial charge < -0.3 is 28.6 Å². The smallest absolute Gasteiger partial charge is 0.214 e. The summed E-state index contributed by atoms with van der Waals surface area (Å²) in [5.74, 6) is 3.04. The molecule has 7 nitrogen and oxygen atoms in total. The number of hydrogen-bond acceptors (Lipinski definition) is 6. The first-order valence-electron chi connectivity index (χ1n) is 27.7. The second-order valence-corrected chi connectivity index (χ2v) is 20.5. The summed E-state index contributed by atoms with van der Waals surface area (Å²) < 4.78 is 32.5. The summed E-state index contributed by atoms with van der Waals surface area (Å²) in [6.07, 6.45) is 18.6. The number of rotatable bonds is 28. The number of ether oxygens (including phenoxy) is 5. The molecule has 0 amide bonds. The summed E-state index contributed by atoms with van der Waals surface area (Å²) in [4.78, 5) is 2.26. The van der Waals surface area contributed by atoms with Gasteiger partial charge in [0.05, 0.1) is 38.1 Å². The van der Waals surface area contributed by atoms with E-state index in [4.69, 9.17) is 23.7 Å². The van der Waals surface area contributed by atoms with Crippen molar-refractivity contribution in [3.63, 3.8) is 0 Å². The molecule has 7 heteroatoms. The molecule has 7 aromatic rings. The molecular formula is C70H81N2O5+. The molecule has 0 spiro atoms. The maximum absolute atomic E-state index is 6.64. The van der Waals surface area contributed by atoms with Gasteiger partial charge >= 0.3 is 0 Å². The highest BCUT2D eigenvalue weighted by Gasteiger charge is 2.32. The van der Waals surface area contributed by atoms with Crippen molar-refractivity contribution in [1.29, 1.82) is 0 Å². The number of unbranched alkanes of at least 4 members (excludes halogenated alkanes) is 3. The molecule has 1 aliphatic rings. The van der Waals surface area contributed by atoms with Crippen LogP contribution in [0.15, 0.2) is 219 Å². The highest BCUT2D eigenvalue weighted by Crippen LogP contribution is 2.38. The van der Waals surface area contributed by atoms with Gasteiger partial charge in [-0.15, -0.1) is 6.58 Å². The van der Waals surface area contributed by atoms with Crippen LogP contribution in [0.25, 0.3) is 22.3 Å². The molecule has 400 valence electrons. The molecule has 7 aromatic carbocycles. The summed E-state index contributed by atoms with van der Waals surface area (Å²) in [6, 6.07) is 63.1. The first-order valence-corrected chi connectivity index (χ1v) is 27.7. The van der Waals surface area contributed by atoms with E-state index < -0.39 is 0 Å². The molecule has 1 heterocycles. The molecule has 0 saturated carbocycles. The maximum Gasteiger partial charge on any atom is 0.214 e. The maximum atomic E-state index is 6.64. The highest BCUT2D eigenvalue weighted by atomic mass is 16.6. The third kappa shape index (κ3) is 18.4. The fourth-order valence-corrected chi connectivity index (χ4v) is 8.67. The van der Waals surface area contributed by atoms with Gasteiger partial charge in [-0.25, -0.2) is 0 Å². The molecule has 8 rings (SSSR count). The van der Waals surface area contributed by atoms with Gasteiger partial charge in [0, 0.05) is 60.4 Å². The van der Waals surface area contributed by atoms with Gasteiger partial charge in [0.15, 0.2) is 6.21 Å². The Labute approximate surface area is 460 Å². The van der Waals surface area contributed by atoms with Crippen molar-refractivity contribution < 1.29 is 23.7 Å². The number of anilines is 3. The van der Waals surface area contributed by atoms with Crippen LogP contribution >= 0.6 is 0 Å². The monoisotopic (exact) mass is 1030 g/mol. The molecular weight excluding hydrogens is 949 g/mol. The normalized spacial score (nSPS) is 13.7. The zero-order valence-electron chi connectivity index (χ0n) is 46.5. The van der Waals surface area contributed by atoms with Crippen molar-refractivity contribution in [2.24, 2.45) is 5.41 Å². The molecule has 1 aliphatic heterocycles. The quantitative estimate of drug-likeness (QED) is 0.00927. The summed E-state index contributed by atoms with van der Waals surface area (Å²) in [5.41, 5.74) is 10.1. The van der Waals surface area contributed by atoms with Crippen LogP contribution in [-0.4, -0.2) is 44.9 Å². The fraction of sp³-hybridized carbons (Fsp3) is 0.300. The molecule has 0 radical (unpaired) electrons. The number of nitrogens with zero attached hydrogens (tertiary/aromatic N) is 2. The molecule has 1 fully saturated rings. The predicted octanol–water partition coefficient (Wildman–Crippen LogP) is 18.9. The van der Waals surface area contributed by atoms with Crippen LogP contribution in [0.4, 0.5) is 28.4 Å². The van der Waals surface area contributed by atoms with Gasteiger partial charge in [-0.05, 0) is 153 Å². The lowest BCUT2D eigenvalue weighted by Crippen LogP contribution is -2.23. The van der Waals surface area contributed by atoms with Gasteiger partial charge in [0.1, 0.15) is 23.0 Å². The second kappa shape index (κ2) is 29.7. The number of epoxide rings is 1. The van der Waals surface area contributed by atoms with Gasteiger partial charge in [-0.1, -0.05) is 131 Å². The Morgan fingerprint density at radius 2 is 1.19 bits per heavy atom. The van der Waals surface area contributed by atoms with E-state index in [9.17, 15) is 0 Å². The van der Waals surface area contributed by atoms with Crippen molar-refractivity contribution in [1.82, 2.24) is 4.58 Å².